The molecule has 0 radical (unpaired) electrons. The molecule has 0 fully saturated rings. The first-order chi connectivity index (χ1) is 11.5. The van der Waals surface area contributed by atoms with Crippen LogP contribution in [0.4, 0.5) is 5.69 Å². The molecule has 0 atom stereocenters. The van der Waals surface area contributed by atoms with Crippen molar-refractivity contribution in [2.75, 3.05) is 13.2 Å². The quantitative estimate of drug-likeness (QED) is 0.362. The first kappa shape index (κ1) is 18.3. The minimum atomic E-state index is 0.214. The van der Waals surface area contributed by atoms with Gasteiger partial charge in [0.1, 0.15) is 6.61 Å². The summed E-state index contributed by atoms with van der Waals surface area (Å²) in [6, 6.07) is 10.1. The minimum Gasteiger partial charge on any atom is -0.490 e. The molecule has 0 aliphatic heterocycles. The molecule has 0 aliphatic rings. The monoisotopic (exact) mass is 433 g/mol. The molecule has 124 valence electrons. The van der Waals surface area contributed by atoms with Crippen LogP contribution in [0.5, 0.6) is 11.5 Å². The van der Waals surface area contributed by atoms with Crippen molar-refractivity contribution in [1.29, 1.82) is 0 Å². The van der Waals surface area contributed by atoms with Crippen LogP contribution in [0.2, 0.25) is 0 Å². The molecule has 0 amide bonds. The smallest absolute Gasteiger partial charge is 0.175 e. The molecular weight excluding hydrogens is 413 g/mol. The summed E-state index contributed by atoms with van der Waals surface area (Å²) < 4.78 is 12.2. The molecule has 0 spiro atoms. The fourth-order valence-electron chi connectivity index (χ4n) is 2.27. The molecule has 0 saturated carbocycles. The van der Waals surface area contributed by atoms with Crippen LogP contribution in [0.15, 0.2) is 35.3 Å². The highest BCUT2D eigenvalue weighted by molar-refractivity contribution is 14.1. The van der Waals surface area contributed by atoms with Crippen molar-refractivity contribution in [2.45, 2.75) is 20.8 Å². The second kappa shape index (κ2) is 8.74. The lowest BCUT2D eigenvalue weighted by Crippen LogP contribution is -2.02. The van der Waals surface area contributed by atoms with Crippen LogP contribution in [-0.4, -0.2) is 19.4 Å². The molecule has 0 N–H and O–H groups in total. The summed E-state index contributed by atoms with van der Waals surface area (Å²) in [6.07, 6.45) is 7.12. The SMILES string of the molecule is C#CCOc1c(I)cc(C=Nc2ccc(C)cc2C)cc1OCC. The number of aryl methyl sites for hydroxylation is 2. The molecule has 0 bridgehead atoms. The fraction of sp³-hybridized carbons (Fsp3) is 0.250. The van der Waals surface area contributed by atoms with Crippen LogP contribution in [0.3, 0.4) is 0 Å². The summed E-state index contributed by atoms with van der Waals surface area (Å²) in [4.78, 5) is 4.59. The van der Waals surface area contributed by atoms with Gasteiger partial charge in [0.05, 0.1) is 15.9 Å². The molecule has 4 heteroatoms. The third-order valence-corrected chi connectivity index (χ3v) is 4.14. The van der Waals surface area contributed by atoms with Gasteiger partial charge < -0.3 is 9.47 Å². The second-order valence-electron chi connectivity index (χ2n) is 5.30. The predicted molar refractivity (Wildman–Crippen MR) is 108 cm³/mol. The van der Waals surface area contributed by atoms with E-state index in [1.165, 1.54) is 5.56 Å². The fourth-order valence-corrected chi connectivity index (χ4v) is 3.05. The molecular formula is C20H20INO2. The van der Waals surface area contributed by atoms with Gasteiger partial charge in [-0.3, -0.25) is 4.99 Å². The number of benzene rings is 2. The maximum atomic E-state index is 5.69. The first-order valence-corrected chi connectivity index (χ1v) is 8.77. The van der Waals surface area contributed by atoms with Crippen molar-refractivity contribution in [3.63, 3.8) is 0 Å². The zero-order valence-electron chi connectivity index (χ0n) is 14.1. The summed E-state index contributed by atoms with van der Waals surface area (Å²) in [6.45, 7) is 6.85. The lowest BCUT2D eigenvalue weighted by molar-refractivity contribution is 0.298. The largest absolute Gasteiger partial charge is 0.490 e. The topological polar surface area (TPSA) is 30.8 Å². The lowest BCUT2D eigenvalue weighted by atomic mass is 10.1. The van der Waals surface area contributed by atoms with E-state index in [4.69, 9.17) is 15.9 Å². The molecule has 0 aliphatic carbocycles. The van der Waals surface area contributed by atoms with Crippen LogP contribution in [0.25, 0.3) is 0 Å². The summed E-state index contributed by atoms with van der Waals surface area (Å²) >= 11 is 2.22. The van der Waals surface area contributed by atoms with Crippen LogP contribution >= 0.6 is 22.6 Å². The standard InChI is InChI=1S/C20H20INO2/c1-5-9-24-20-17(21)11-16(12-19(20)23-6-2)13-22-18-8-7-14(3)10-15(18)4/h1,7-8,10-13H,6,9H2,2-4H3. The normalized spacial score (nSPS) is 10.6. The molecule has 2 rings (SSSR count). The molecule has 2 aromatic rings. The van der Waals surface area contributed by atoms with E-state index >= 15 is 0 Å². The van der Waals surface area contributed by atoms with Crippen LogP contribution < -0.4 is 9.47 Å². The van der Waals surface area contributed by atoms with Gasteiger partial charge in [-0.05, 0) is 72.7 Å². The van der Waals surface area contributed by atoms with Crippen molar-refractivity contribution in [3.05, 3.63) is 50.6 Å². The Morgan fingerprint density at radius 1 is 1.21 bits per heavy atom. The van der Waals surface area contributed by atoms with Gasteiger partial charge in [-0.25, -0.2) is 0 Å². The van der Waals surface area contributed by atoms with Gasteiger partial charge in [0.25, 0.3) is 0 Å². The first-order valence-electron chi connectivity index (χ1n) is 7.69. The van der Waals surface area contributed by atoms with Crippen molar-refractivity contribution in [3.8, 4) is 23.8 Å². The van der Waals surface area contributed by atoms with Crippen molar-refractivity contribution in [2.24, 2.45) is 4.99 Å². The Labute approximate surface area is 157 Å². The van der Waals surface area contributed by atoms with E-state index in [1.807, 2.05) is 31.3 Å². The Morgan fingerprint density at radius 3 is 2.67 bits per heavy atom. The highest BCUT2D eigenvalue weighted by atomic mass is 127. The number of hydrogen-bond acceptors (Lipinski definition) is 3. The van der Waals surface area contributed by atoms with E-state index in [-0.39, 0.29) is 6.61 Å². The van der Waals surface area contributed by atoms with Crippen molar-refractivity contribution < 1.29 is 9.47 Å². The summed E-state index contributed by atoms with van der Waals surface area (Å²) in [5, 5.41) is 0. The Morgan fingerprint density at radius 2 is 2.00 bits per heavy atom. The molecule has 0 saturated heterocycles. The molecule has 0 heterocycles. The highest BCUT2D eigenvalue weighted by Gasteiger charge is 2.11. The number of ether oxygens (including phenoxy) is 2. The van der Waals surface area contributed by atoms with Gasteiger partial charge in [-0.1, -0.05) is 23.6 Å². The van der Waals surface area contributed by atoms with Gasteiger partial charge in [-0.15, -0.1) is 6.42 Å². The third-order valence-electron chi connectivity index (χ3n) is 3.34. The number of nitrogens with zero attached hydrogens (tertiary/aromatic N) is 1. The molecule has 24 heavy (non-hydrogen) atoms. The Bertz CT molecular complexity index is 791. The average Bonchev–Trinajstić information content (AvgIpc) is 2.53. The molecule has 2 aromatic carbocycles. The number of rotatable bonds is 6. The predicted octanol–water partition coefficient (Wildman–Crippen LogP) is 5.07. The number of hydrogen-bond donors (Lipinski definition) is 0. The van der Waals surface area contributed by atoms with Crippen LogP contribution in [0.1, 0.15) is 23.6 Å². The number of halogens is 1. The number of aliphatic imine (C=N–C) groups is 1. The van der Waals surface area contributed by atoms with E-state index in [2.05, 4.69) is 59.5 Å². The van der Waals surface area contributed by atoms with Crippen LogP contribution in [-0.2, 0) is 0 Å². The number of terminal acetylenes is 1. The summed E-state index contributed by atoms with van der Waals surface area (Å²) in [5.74, 6) is 3.84. The van der Waals surface area contributed by atoms with E-state index in [0.717, 1.165) is 20.4 Å². The van der Waals surface area contributed by atoms with E-state index in [0.29, 0.717) is 18.1 Å². The van der Waals surface area contributed by atoms with E-state index < -0.39 is 0 Å². The van der Waals surface area contributed by atoms with Gasteiger partial charge in [-0.2, -0.15) is 0 Å². The van der Waals surface area contributed by atoms with Gasteiger partial charge in [0.15, 0.2) is 11.5 Å². The Hall–Kier alpha value is -2.00. The third kappa shape index (κ3) is 4.75. The lowest BCUT2D eigenvalue weighted by Gasteiger charge is -2.13. The summed E-state index contributed by atoms with van der Waals surface area (Å²) in [7, 11) is 0. The van der Waals surface area contributed by atoms with Gasteiger partial charge >= 0.3 is 0 Å². The zero-order valence-corrected chi connectivity index (χ0v) is 16.3. The van der Waals surface area contributed by atoms with Gasteiger partial charge in [0.2, 0.25) is 0 Å². The van der Waals surface area contributed by atoms with E-state index in [9.17, 15) is 0 Å². The summed E-state index contributed by atoms with van der Waals surface area (Å²) in [5.41, 5.74) is 4.30. The minimum absolute atomic E-state index is 0.214. The average molecular weight is 433 g/mol. The van der Waals surface area contributed by atoms with Gasteiger partial charge in [0, 0.05) is 6.21 Å². The Balaban J connectivity index is 2.33. The Kier molecular flexibility index (Phi) is 6.68. The molecule has 3 nitrogen and oxygen atoms in total. The van der Waals surface area contributed by atoms with Crippen LogP contribution in [0, 0.1) is 29.8 Å². The van der Waals surface area contributed by atoms with E-state index in [1.54, 1.807) is 0 Å². The highest BCUT2D eigenvalue weighted by Crippen LogP contribution is 2.34. The maximum absolute atomic E-state index is 5.69. The molecule has 0 aromatic heterocycles. The van der Waals surface area contributed by atoms with Crippen molar-refractivity contribution in [1.82, 2.24) is 0 Å². The maximum Gasteiger partial charge on any atom is 0.175 e. The zero-order chi connectivity index (χ0) is 17.5. The second-order valence-corrected chi connectivity index (χ2v) is 6.47. The van der Waals surface area contributed by atoms with Crippen molar-refractivity contribution >= 4 is 34.5 Å². The molecule has 0 unspecified atom stereocenters.